The number of nitrogens with two attached hydrogens (primary N) is 1. The van der Waals surface area contributed by atoms with Gasteiger partial charge in [0, 0.05) is 31.3 Å². The van der Waals surface area contributed by atoms with E-state index in [1.54, 1.807) is 0 Å². The summed E-state index contributed by atoms with van der Waals surface area (Å²) < 4.78 is 26.3. The lowest BCUT2D eigenvalue weighted by Crippen LogP contribution is -2.39. The minimum Gasteiger partial charge on any atom is -0.320 e. The number of rotatable bonds is 3. The Balaban J connectivity index is 1.56. The van der Waals surface area contributed by atoms with Crippen LogP contribution in [0.25, 0.3) is 0 Å². The van der Waals surface area contributed by atoms with Crippen molar-refractivity contribution in [3.8, 4) is 0 Å². The van der Waals surface area contributed by atoms with Gasteiger partial charge in [0.25, 0.3) is 5.91 Å². The Labute approximate surface area is 184 Å². The smallest absolute Gasteiger partial charge is 0.320 e. The van der Waals surface area contributed by atoms with Crippen LogP contribution in [-0.2, 0) is 35.3 Å². The number of nitrogens with one attached hydrogen (secondary N) is 1. The van der Waals surface area contributed by atoms with Gasteiger partial charge in [-0.15, -0.1) is 0 Å². The van der Waals surface area contributed by atoms with Crippen LogP contribution in [0.5, 0.6) is 0 Å². The third kappa shape index (κ3) is 4.42. The minimum absolute atomic E-state index is 0.0519. The lowest BCUT2D eigenvalue weighted by Gasteiger charge is -2.27. The summed E-state index contributed by atoms with van der Waals surface area (Å²) in [6.45, 7) is 0.765. The first-order chi connectivity index (χ1) is 14.7. The van der Waals surface area contributed by atoms with Gasteiger partial charge in [-0.25, -0.2) is 18.5 Å². The van der Waals surface area contributed by atoms with Crippen LogP contribution in [0.2, 0.25) is 5.02 Å². The summed E-state index contributed by atoms with van der Waals surface area (Å²) in [6.07, 6.45) is -0.122. The SMILES string of the molecule is CN1OC(CS(N)=O)Cn2nc3c(c2C1=O)CN(C(=O)Nc1ccc(F)c(Cl)c1)CC3. The molecule has 2 atom stereocenters. The van der Waals surface area contributed by atoms with Crippen molar-refractivity contribution in [2.45, 2.75) is 25.6 Å². The van der Waals surface area contributed by atoms with Crippen molar-refractivity contribution in [2.75, 3.05) is 24.7 Å². The van der Waals surface area contributed by atoms with Crippen molar-refractivity contribution in [3.63, 3.8) is 0 Å². The van der Waals surface area contributed by atoms with Crippen molar-refractivity contribution in [2.24, 2.45) is 5.14 Å². The largest absolute Gasteiger partial charge is 0.322 e. The topological polar surface area (TPSA) is 123 Å². The van der Waals surface area contributed by atoms with Gasteiger partial charge in [0.1, 0.15) is 17.6 Å². The van der Waals surface area contributed by atoms with E-state index in [1.807, 2.05) is 0 Å². The van der Waals surface area contributed by atoms with Crippen molar-refractivity contribution in [3.05, 3.63) is 46.0 Å². The van der Waals surface area contributed by atoms with Crippen LogP contribution in [0, 0.1) is 5.82 Å². The number of amides is 3. The molecule has 2 unspecified atom stereocenters. The predicted octanol–water partition coefficient (Wildman–Crippen LogP) is 1.27. The van der Waals surface area contributed by atoms with E-state index in [0.29, 0.717) is 29.9 Å². The molecule has 166 valence electrons. The first kappa shape index (κ1) is 21.7. The molecule has 0 fully saturated rings. The molecular formula is C18H20ClFN6O4S. The van der Waals surface area contributed by atoms with Crippen LogP contribution in [0.3, 0.4) is 0 Å². The maximum Gasteiger partial charge on any atom is 0.322 e. The van der Waals surface area contributed by atoms with Crippen LogP contribution < -0.4 is 10.5 Å². The fourth-order valence-corrected chi connectivity index (χ4v) is 4.37. The number of hydrogen-bond acceptors (Lipinski definition) is 5. The van der Waals surface area contributed by atoms with E-state index in [-0.39, 0.29) is 23.9 Å². The molecule has 1 aromatic carbocycles. The molecular weight excluding hydrogens is 451 g/mol. The zero-order valence-electron chi connectivity index (χ0n) is 16.5. The molecule has 0 aliphatic carbocycles. The van der Waals surface area contributed by atoms with Gasteiger partial charge in [-0.3, -0.25) is 19.5 Å². The highest BCUT2D eigenvalue weighted by Gasteiger charge is 2.35. The number of aromatic nitrogens is 2. The van der Waals surface area contributed by atoms with Gasteiger partial charge in [-0.05, 0) is 18.2 Å². The third-order valence-corrected chi connectivity index (χ3v) is 6.07. The van der Waals surface area contributed by atoms with Gasteiger partial charge in [-0.2, -0.15) is 5.10 Å². The Morgan fingerprint density at radius 2 is 2.26 bits per heavy atom. The monoisotopic (exact) mass is 470 g/mol. The van der Waals surface area contributed by atoms with Crippen LogP contribution in [0.1, 0.15) is 21.7 Å². The molecule has 10 nitrogen and oxygen atoms in total. The summed E-state index contributed by atoms with van der Waals surface area (Å²) >= 11 is 5.77. The average molecular weight is 471 g/mol. The van der Waals surface area contributed by atoms with Crippen molar-refractivity contribution in [1.82, 2.24) is 19.7 Å². The van der Waals surface area contributed by atoms with Crippen molar-refractivity contribution >= 4 is 40.2 Å². The molecule has 0 saturated heterocycles. The minimum atomic E-state index is -1.60. The summed E-state index contributed by atoms with van der Waals surface area (Å²) in [6, 6.07) is 3.50. The number of hydrogen-bond donors (Lipinski definition) is 2. The highest BCUT2D eigenvalue weighted by atomic mass is 35.5. The molecule has 13 heteroatoms. The molecule has 2 aliphatic rings. The van der Waals surface area contributed by atoms with Crippen molar-refractivity contribution < 1.29 is 23.0 Å². The highest BCUT2D eigenvalue weighted by molar-refractivity contribution is 7.82. The predicted molar refractivity (Wildman–Crippen MR) is 111 cm³/mol. The fourth-order valence-electron chi connectivity index (χ4n) is 3.66. The quantitative estimate of drug-likeness (QED) is 0.699. The molecule has 3 amide bonds. The molecule has 1 aromatic heterocycles. The summed E-state index contributed by atoms with van der Waals surface area (Å²) in [5.41, 5.74) is 2.04. The average Bonchev–Trinajstić information content (AvgIpc) is 3.01. The highest BCUT2D eigenvalue weighted by Crippen LogP contribution is 2.27. The number of benzene rings is 1. The number of carbonyl (C=O) groups excluding carboxylic acids is 2. The number of anilines is 1. The van der Waals surface area contributed by atoms with Crippen LogP contribution in [-0.4, -0.2) is 61.3 Å². The second-order valence-corrected chi connectivity index (χ2v) is 8.77. The Morgan fingerprint density at radius 1 is 1.48 bits per heavy atom. The molecule has 0 bridgehead atoms. The maximum atomic E-state index is 13.3. The number of hydroxylamine groups is 2. The molecule has 0 radical (unpaired) electrons. The van der Waals surface area contributed by atoms with E-state index in [0.717, 1.165) is 10.8 Å². The Hall–Kier alpha value is -2.54. The Bertz CT molecular complexity index is 1080. The van der Waals surface area contributed by atoms with Crippen LogP contribution >= 0.6 is 11.6 Å². The van der Waals surface area contributed by atoms with E-state index < -0.39 is 34.8 Å². The van der Waals surface area contributed by atoms with Gasteiger partial charge in [0.2, 0.25) is 0 Å². The summed E-state index contributed by atoms with van der Waals surface area (Å²) in [7, 11) is -0.129. The summed E-state index contributed by atoms with van der Waals surface area (Å²) in [5.74, 6) is -0.936. The first-order valence-electron chi connectivity index (χ1n) is 9.40. The number of carbonyl (C=O) groups is 2. The molecule has 2 aliphatic heterocycles. The number of halogens is 2. The summed E-state index contributed by atoms with van der Waals surface area (Å²) in [5, 5.41) is 13.6. The van der Waals surface area contributed by atoms with Crippen LogP contribution in [0.15, 0.2) is 18.2 Å². The number of nitrogens with zero attached hydrogens (tertiary/aromatic N) is 4. The summed E-state index contributed by atoms with van der Waals surface area (Å²) in [4.78, 5) is 32.7. The van der Waals surface area contributed by atoms with E-state index in [9.17, 15) is 18.2 Å². The fraction of sp³-hybridized carbons (Fsp3) is 0.389. The third-order valence-electron chi connectivity index (χ3n) is 5.08. The lowest BCUT2D eigenvalue weighted by molar-refractivity contribution is -0.140. The van der Waals surface area contributed by atoms with E-state index in [2.05, 4.69) is 10.4 Å². The lowest BCUT2D eigenvalue weighted by atomic mass is 10.1. The zero-order chi connectivity index (χ0) is 22.3. The van der Waals surface area contributed by atoms with Crippen LogP contribution in [0.4, 0.5) is 14.9 Å². The zero-order valence-corrected chi connectivity index (χ0v) is 18.1. The second kappa shape index (κ2) is 8.54. The normalized spacial score (nSPS) is 19.5. The molecule has 0 saturated carbocycles. The van der Waals surface area contributed by atoms with Gasteiger partial charge < -0.3 is 10.2 Å². The second-order valence-electron chi connectivity index (χ2n) is 7.26. The van der Waals surface area contributed by atoms with E-state index in [4.69, 9.17) is 21.6 Å². The van der Waals surface area contributed by atoms with Crippen molar-refractivity contribution in [1.29, 1.82) is 0 Å². The molecule has 3 N–H and O–H groups in total. The van der Waals surface area contributed by atoms with E-state index in [1.165, 1.54) is 34.8 Å². The van der Waals surface area contributed by atoms with Gasteiger partial charge in [-0.1, -0.05) is 11.6 Å². The standard InChI is InChI=1S/C18H20ClFN6O4S/c1-24-17(27)16-12-8-25(18(28)22-10-2-3-14(20)13(19)6-10)5-4-15(12)23-26(16)7-11(30-24)9-31(21)29/h2-3,6,11H,4-5,7-9,21H2,1H3,(H,22,28). The Kier molecular flexibility index (Phi) is 5.97. The van der Waals surface area contributed by atoms with Gasteiger partial charge in [0.05, 0.1) is 40.5 Å². The number of urea groups is 1. The Morgan fingerprint density at radius 3 is 2.97 bits per heavy atom. The molecule has 3 heterocycles. The number of fused-ring (bicyclic) bond motifs is 3. The van der Waals surface area contributed by atoms with E-state index >= 15 is 0 Å². The van der Waals surface area contributed by atoms with Gasteiger partial charge >= 0.3 is 6.03 Å². The maximum absolute atomic E-state index is 13.3. The first-order valence-corrected chi connectivity index (χ1v) is 11.2. The molecule has 4 rings (SSSR count). The van der Waals surface area contributed by atoms with Gasteiger partial charge in [0.15, 0.2) is 0 Å². The molecule has 31 heavy (non-hydrogen) atoms. The molecule has 2 aromatic rings. The molecule has 0 spiro atoms.